The minimum absolute atomic E-state index is 0. The monoisotopic (exact) mass is 247 g/mol. The third kappa shape index (κ3) is 1.68. The summed E-state index contributed by atoms with van der Waals surface area (Å²) in [5, 5.41) is 0. The molecule has 0 unspecified atom stereocenters. The highest BCUT2D eigenvalue weighted by molar-refractivity contribution is 8.93. The van der Waals surface area contributed by atoms with Gasteiger partial charge in [-0.15, -0.1) is 17.0 Å². The highest BCUT2D eigenvalue weighted by atomic mass is 79.9. The van der Waals surface area contributed by atoms with E-state index in [0.717, 1.165) is 12.5 Å². The molecule has 76 valence electrons. The summed E-state index contributed by atoms with van der Waals surface area (Å²) in [5.74, 6) is 0.733. The molecule has 2 N–H and O–H groups in total. The highest BCUT2D eigenvalue weighted by Crippen LogP contribution is 2.35. The van der Waals surface area contributed by atoms with Gasteiger partial charge in [-0.3, -0.25) is 4.99 Å². The number of halogens is 1. The minimum atomic E-state index is 0. The molecule has 0 aromatic heterocycles. The van der Waals surface area contributed by atoms with Crippen LogP contribution >= 0.6 is 17.0 Å². The Morgan fingerprint density at radius 3 is 2.38 bits per heavy atom. The van der Waals surface area contributed by atoms with Gasteiger partial charge in [0.2, 0.25) is 0 Å². The molecule has 0 aromatic carbocycles. The van der Waals surface area contributed by atoms with Crippen molar-refractivity contribution in [2.75, 3.05) is 13.6 Å². The van der Waals surface area contributed by atoms with Gasteiger partial charge in [0.1, 0.15) is 0 Å². The van der Waals surface area contributed by atoms with Gasteiger partial charge >= 0.3 is 0 Å². The third-order valence-corrected chi connectivity index (χ3v) is 3.37. The molecule has 1 heterocycles. The summed E-state index contributed by atoms with van der Waals surface area (Å²) in [5.41, 5.74) is 6.07. The predicted molar refractivity (Wildman–Crippen MR) is 60.4 cm³/mol. The van der Waals surface area contributed by atoms with E-state index in [-0.39, 0.29) is 17.0 Å². The smallest absolute Gasteiger partial charge is 0.191 e. The summed E-state index contributed by atoms with van der Waals surface area (Å²) in [6, 6.07) is 0. The van der Waals surface area contributed by atoms with Crippen LogP contribution in [0.15, 0.2) is 4.99 Å². The van der Waals surface area contributed by atoms with Crippen molar-refractivity contribution in [3.8, 4) is 0 Å². The highest BCUT2D eigenvalue weighted by Gasteiger charge is 2.40. The largest absolute Gasteiger partial charge is 0.370 e. The lowest BCUT2D eigenvalue weighted by Crippen LogP contribution is -2.50. The van der Waals surface area contributed by atoms with Crippen LogP contribution in [0.1, 0.15) is 32.1 Å². The zero-order valence-corrected chi connectivity index (χ0v) is 9.84. The van der Waals surface area contributed by atoms with Gasteiger partial charge in [0.05, 0.1) is 12.1 Å². The molecule has 4 heteroatoms. The normalized spacial score (nSPS) is 25.6. The Hall–Kier alpha value is -0.250. The van der Waals surface area contributed by atoms with Crippen molar-refractivity contribution >= 4 is 22.9 Å². The number of likely N-dealkylation sites (N-methyl/N-ethyl adjacent to an activating group) is 1. The van der Waals surface area contributed by atoms with Crippen molar-refractivity contribution < 1.29 is 0 Å². The minimum Gasteiger partial charge on any atom is -0.370 e. The number of rotatable bonds is 0. The summed E-state index contributed by atoms with van der Waals surface area (Å²) >= 11 is 0. The first kappa shape index (κ1) is 10.8. The third-order valence-electron chi connectivity index (χ3n) is 3.37. The first-order valence-corrected chi connectivity index (χ1v) is 4.78. The molecule has 2 aliphatic rings. The van der Waals surface area contributed by atoms with Gasteiger partial charge in [-0.05, 0) is 12.8 Å². The van der Waals surface area contributed by atoms with Crippen molar-refractivity contribution in [1.82, 2.24) is 4.90 Å². The second kappa shape index (κ2) is 3.86. The van der Waals surface area contributed by atoms with Gasteiger partial charge in [-0.25, -0.2) is 0 Å². The average molecular weight is 248 g/mol. The SMILES string of the molecule is Br.CN1C(N)=NCC12CCCCC2. The van der Waals surface area contributed by atoms with Crippen LogP contribution in [0, 0.1) is 0 Å². The van der Waals surface area contributed by atoms with E-state index in [0.29, 0.717) is 5.54 Å². The maximum absolute atomic E-state index is 5.76. The van der Waals surface area contributed by atoms with Crippen LogP contribution in [0.2, 0.25) is 0 Å². The van der Waals surface area contributed by atoms with Crippen LogP contribution in [0.4, 0.5) is 0 Å². The van der Waals surface area contributed by atoms with Crippen LogP contribution < -0.4 is 5.73 Å². The maximum Gasteiger partial charge on any atom is 0.191 e. The first-order chi connectivity index (χ1) is 5.75. The summed E-state index contributed by atoms with van der Waals surface area (Å²) < 4.78 is 0. The molecule has 0 bridgehead atoms. The van der Waals surface area contributed by atoms with E-state index in [1.54, 1.807) is 0 Å². The van der Waals surface area contributed by atoms with E-state index in [1.807, 2.05) is 0 Å². The quantitative estimate of drug-likeness (QED) is 0.706. The predicted octanol–water partition coefficient (Wildman–Crippen LogP) is 1.53. The molecular weight excluding hydrogens is 230 g/mol. The van der Waals surface area contributed by atoms with Crippen LogP contribution in [-0.4, -0.2) is 30.0 Å². The number of hydrogen-bond acceptors (Lipinski definition) is 3. The molecule has 0 saturated heterocycles. The molecule has 0 aromatic rings. The number of guanidine groups is 1. The summed E-state index contributed by atoms with van der Waals surface area (Å²) in [4.78, 5) is 6.50. The zero-order chi connectivity index (χ0) is 8.60. The molecule has 1 aliphatic heterocycles. The van der Waals surface area contributed by atoms with E-state index in [4.69, 9.17) is 5.73 Å². The fraction of sp³-hybridized carbons (Fsp3) is 0.889. The summed E-state index contributed by atoms with van der Waals surface area (Å²) in [6.07, 6.45) is 6.61. The Kier molecular flexibility index (Phi) is 3.22. The Morgan fingerprint density at radius 1 is 1.31 bits per heavy atom. The zero-order valence-electron chi connectivity index (χ0n) is 8.12. The topological polar surface area (TPSA) is 41.6 Å². The first-order valence-electron chi connectivity index (χ1n) is 4.78. The molecular formula is C9H18BrN3. The molecule has 1 spiro atoms. The van der Waals surface area contributed by atoms with Crippen LogP contribution in [0.25, 0.3) is 0 Å². The summed E-state index contributed by atoms with van der Waals surface area (Å²) in [6.45, 7) is 0.926. The molecule has 1 saturated carbocycles. The van der Waals surface area contributed by atoms with E-state index in [9.17, 15) is 0 Å². The Morgan fingerprint density at radius 2 is 1.92 bits per heavy atom. The Labute approximate surface area is 90.2 Å². The van der Waals surface area contributed by atoms with Crippen LogP contribution in [-0.2, 0) is 0 Å². The molecule has 1 aliphatic carbocycles. The van der Waals surface area contributed by atoms with Gasteiger partial charge in [0.25, 0.3) is 0 Å². The standard InChI is InChI=1S/C9H17N3.BrH/c1-12-8(10)11-7-9(12)5-3-2-4-6-9;/h2-7H2,1H3,(H2,10,11);1H. The Bertz CT molecular complexity index is 209. The number of nitrogens with two attached hydrogens (primary N) is 1. The molecule has 3 nitrogen and oxygen atoms in total. The lowest BCUT2D eigenvalue weighted by atomic mass is 9.81. The lowest BCUT2D eigenvalue weighted by Gasteiger charge is -2.39. The van der Waals surface area contributed by atoms with Gasteiger partial charge in [0, 0.05) is 7.05 Å². The second-order valence-corrected chi connectivity index (χ2v) is 4.02. The maximum atomic E-state index is 5.76. The lowest BCUT2D eigenvalue weighted by molar-refractivity contribution is 0.167. The number of nitrogens with zero attached hydrogens (tertiary/aromatic N) is 2. The van der Waals surface area contributed by atoms with Crippen molar-refractivity contribution in [3.05, 3.63) is 0 Å². The molecule has 0 radical (unpaired) electrons. The van der Waals surface area contributed by atoms with E-state index < -0.39 is 0 Å². The van der Waals surface area contributed by atoms with Crippen molar-refractivity contribution in [2.45, 2.75) is 37.6 Å². The van der Waals surface area contributed by atoms with Crippen molar-refractivity contribution in [2.24, 2.45) is 10.7 Å². The fourth-order valence-electron chi connectivity index (χ4n) is 2.39. The van der Waals surface area contributed by atoms with E-state index in [2.05, 4.69) is 16.9 Å². The van der Waals surface area contributed by atoms with Gasteiger partial charge in [-0.1, -0.05) is 19.3 Å². The average Bonchev–Trinajstić information content (AvgIpc) is 2.37. The van der Waals surface area contributed by atoms with Gasteiger partial charge in [0.15, 0.2) is 5.96 Å². The molecule has 0 atom stereocenters. The molecule has 0 amide bonds. The van der Waals surface area contributed by atoms with Gasteiger partial charge in [-0.2, -0.15) is 0 Å². The van der Waals surface area contributed by atoms with E-state index in [1.165, 1.54) is 32.1 Å². The Balaban J connectivity index is 0.000000845. The number of aliphatic imine (C=N–C) groups is 1. The van der Waals surface area contributed by atoms with Gasteiger partial charge < -0.3 is 10.6 Å². The summed E-state index contributed by atoms with van der Waals surface area (Å²) in [7, 11) is 2.08. The number of hydrogen-bond donors (Lipinski definition) is 1. The van der Waals surface area contributed by atoms with Crippen molar-refractivity contribution in [1.29, 1.82) is 0 Å². The molecule has 13 heavy (non-hydrogen) atoms. The molecule has 1 fully saturated rings. The molecule has 2 rings (SSSR count). The van der Waals surface area contributed by atoms with E-state index >= 15 is 0 Å². The second-order valence-electron chi connectivity index (χ2n) is 4.02. The van der Waals surface area contributed by atoms with Crippen LogP contribution in [0.3, 0.4) is 0 Å². The fourth-order valence-corrected chi connectivity index (χ4v) is 2.39. The van der Waals surface area contributed by atoms with Crippen molar-refractivity contribution in [3.63, 3.8) is 0 Å². The van der Waals surface area contributed by atoms with Crippen LogP contribution in [0.5, 0.6) is 0 Å².